The molecule has 0 radical (unpaired) electrons. The molecule has 1 aliphatic rings. The first-order chi connectivity index (χ1) is 7.15. The SMILES string of the molecule is CCC1(Nc2ccc(N)cc2I)CCC1. The van der Waals surface area contributed by atoms with Gasteiger partial charge in [0, 0.05) is 20.5 Å². The normalized spacial score (nSPS) is 18.3. The molecule has 0 unspecified atom stereocenters. The topological polar surface area (TPSA) is 38.0 Å². The van der Waals surface area contributed by atoms with Gasteiger partial charge in [-0.3, -0.25) is 0 Å². The van der Waals surface area contributed by atoms with E-state index in [4.69, 9.17) is 5.73 Å². The molecule has 0 aromatic heterocycles. The summed E-state index contributed by atoms with van der Waals surface area (Å²) >= 11 is 2.34. The Kier molecular flexibility index (Phi) is 3.09. The van der Waals surface area contributed by atoms with Gasteiger partial charge in [-0.15, -0.1) is 0 Å². The molecular formula is C12H17IN2. The zero-order valence-electron chi connectivity index (χ0n) is 9.02. The highest BCUT2D eigenvalue weighted by atomic mass is 127. The minimum Gasteiger partial charge on any atom is -0.399 e. The average Bonchev–Trinajstić information content (AvgIpc) is 2.14. The van der Waals surface area contributed by atoms with Gasteiger partial charge in [-0.1, -0.05) is 6.92 Å². The molecule has 0 saturated heterocycles. The second-order valence-corrected chi connectivity index (χ2v) is 5.51. The predicted molar refractivity (Wildman–Crippen MR) is 74.1 cm³/mol. The van der Waals surface area contributed by atoms with Crippen molar-refractivity contribution in [1.29, 1.82) is 0 Å². The summed E-state index contributed by atoms with van der Waals surface area (Å²) in [6.07, 6.45) is 5.15. The molecule has 15 heavy (non-hydrogen) atoms. The van der Waals surface area contributed by atoms with E-state index in [-0.39, 0.29) is 0 Å². The lowest BCUT2D eigenvalue weighted by Crippen LogP contribution is -2.44. The van der Waals surface area contributed by atoms with Crippen LogP contribution >= 0.6 is 22.6 Å². The lowest BCUT2D eigenvalue weighted by molar-refractivity contribution is 0.269. The second kappa shape index (κ2) is 4.20. The van der Waals surface area contributed by atoms with Gasteiger partial charge >= 0.3 is 0 Å². The van der Waals surface area contributed by atoms with Gasteiger partial charge in [-0.2, -0.15) is 0 Å². The fourth-order valence-electron chi connectivity index (χ4n) is 2.09. The van der Waals surface area contributed by atoms with Gasteiger partial charge < -0.3 is 11.1 Å². The molecule has 0 amide bonds. The van der Waals surface area contributed by atoms with Crippen LogP contribution in [0.3, 0.4) is 0 Å². The highest BCUT2D eigenvalue weighted by Crippen LogP contribution is 2.39. The summed E-state index contributed by atoms with van der Waals surface area (Å²) in [7, 11) is 0. The van der Waals surface area contributed by atoms with Crippen molar-refractivity contribution in [2.45, 2.75) is 38.1 Å². The number of hydrogen-bond acceptors (Lipinski definition) is 2. The van der Waals surface area contributed by atoms with Crippen LogP contribution in [0.1, 0.15) is 32.6 Å². The maximum absolute atomic E-state index is 5.74. The van der Waals surface area contributed by atoms with Crippen LogP contribution in [-0.2, 0) is 0 Å². The molecule has 3 N–H and O–H groups in total. The molecule has 0 heterocycles. The predicted octanol–water partition coefficient (Wildman–Crippen LogP) is 3.62. The molecule has 1 fully saturated rings. The number of nitrogen functional groups attached to an aromatic ring is 1. The molecular weight excluding hydrogens is 299 g/mol. The van der Waals surface area contributed by atoms with Crippen molar-refractivity contribution in [1.82, 2.24) is 0 Å². The van der Waals surface area contributed by atoms with Gasteiger partial charge in [0.05, 0.1) is 0 Å². The quantitative estimate of drug-likeness (QED) is 0.660. The van der Waals surface area contributed by atoms with E-state index in [0.29, 0.717) is 5.54 Å². The summed E-state index contributed by atoms with van der Waals surface area (Å²) in [4.78, 5) is 0. The van der Waals surface area contributed by atoms with E-state index in [1.165, 1.54) is 34.9 Å². The molecule has 0 spiro atoms. The summed E-state index contributed by atoms with van der Waals surface area (Å²) in [6.45, 7) is 2.26. The minimum atomic E-state index is 0.357. The van der Waals surface area contributed by atoms with Crippen LogP contribution in [0.15, 0.2) is 18.2 Å². The van der Waals surface area contributed by atoms with Crippen molar-refractivity contribution in [2.75, 3.05) is 11.1 Å². The van der Waals surface area contributed by atoms with Crippen LogP contribution in [0.5, 0.6) is 0 Å². The summed E-state index contributed by atoms with van der Waals surface area (Å²) in [5, 5.41) is 3.67. The Morgan fingerprint density at radius 3 is 2.67 bits per heavy atom. The first-order valence-corrected chi connectivity index (χ1v) is 6.56. The van der Waals surface area contributed by atoms with Gasteiger partial charge in [-0.05, 0) is 66.5 Å². The third kappa shape index (κ3) is 2.22. The Hall–Kier alpha value is -0.450. The maximum atomic E-state index is 5.74. The zero-order chi connectivity index (χ0) is 10.9. The molecule has 1 aromatic carbocycles. The number of nitrogens with two attached hydrogens (primary N) is 1. The summed E-state index contributed by atoms with van der Waals surface area (Å²) in [5.74, 6) is 0. The highest BCUT2D eigenvalue weighted by Gasteiger charge is 2.35. The average molecular weight is 316 g/mol. The molecule has 2 nitrogen and oxygen atoms in total. The molecule has 3 heteroatoms. The fourth-order valence-corrected chi connectivity index (χ4v) is 2.76. The number of rotatable bonds is 3. The molecule has 2 rings (SSSR count). The molecule has 82 valence electrons. The largest absolute Gasteiger partial charge is 0.399 e. The summed E-state index contributed by atoms with van der Waals surface area (Å²) < 4.78 is 1.22. The standard InChI is InChI=1S/C12H17IN2/c1-2-12(6-3-7-12)15-11-5-4-9(14)8-10(11)13/h4-5,8,15H,2-3,6-7,14H2,1H3. The van der Waals surface area contributed by atoms with Gasteiger partial charge in [0.15, 0.2) is 0 Å². The van der Waals surface area contributed by atoms with E-state index < -0.39 is 0 Å². The molecule has 0 bridgehead atoms. The number of nitrogens with one attached hydrogen (secondary N) is 1. The Bertz CT molecular complexity index is 353. The van der Waals surface area contributed by atoms with Gasteiger partial charge in [0.2, 0.25) is 0 Å². The van der Waals surface area contributed by atoms with Crippen LogP contribution in [-0.4, -0.2) is 5.54 Å². The second-order valence-electron chi connectivity index (χ2n) is 4.35. The maximum Gasteiger partial charge on any atom is 0.0481 e. The van der Waals surface area contributed by atoms with Gasteiger partial charge in [-0.25, -0.2) is 0 Å². The van der Waals surface area contributed by atoms with Crippen molar-refractivity contribution in [3.05, 3.63) is 21.8 Å². The van der Waals surface area contributed by atoms with Crippen LogP contribution in [0.2, 0.25) is 0 Å². The Balaban J connectivity index is 2.16. The van der Waals surface area contributed by atoms with Crippen LogP contribution in [0.4, 0.5) is 11.4 Å². The van der Waals surface area contributed by atoms with Crippen molar-refractivity contribution in [3.8, 4) is 0 Å². The minimum absolute atomic E-state index is 0.357. The first-order valence-electron chi connectivity index (χ1n) is 5.48. The third-order valence-corrected chi connectivity index (χ3v) is 4.27. The van der Waals surface area contributed by atoms with Gasteiger partial charge in [0.25, 0.3) is 0 Å². The molecule has 0 atom stereocenters. The Morgan fingerprint density at radius 1 is 1.47 bits per heavy atom. The van der Waals surface area contributed by atoms with Crippen molar-refractivity contribution in [2.24, 2.45) is 0 Å². The van der Waals surface area contributed by atoms with Crippen molar-refractivity contribution < 1.29 is 0 Å². The van der Waals surface area contributed by atoms with E-state index in [1.807, 2.05) is 12.1 Å². The summed E-state index contributed by atoms with van der Waals surface area (Å²) in [5.41, 5.74) is 8.16. The van der Waals surface area contributed by atoms with E-state index in [2.05, 4.69) is 40.9 Å². The molecule has 1 aromatic rings. The smallest absolute Gasteiger partial charge is 0.0481 e. The monoisotopic (exact) mass is 316 g/mol. The Labute approximate surface area is 105 Å². The van der Waals surface area contributed by atoms with Crippen LogP contribution in [0, 0.1) is 3.57 Å². The molecule has 1 saturated carbocycles. The highest BCUT2D eigenvalue weighted by molar-refractivity contribution is 14.1. The van der Waals surface area contributed by atoms with E-state index in [9.17, 15) is 0 Å². The van der Waals surface area contributed by atoms with E-state index in [0.717, 1.165) is 5.69 Å². The summed E-state index contributed by atoms with van der Waals surface area (Å²) in [6, 6.07) is 6.07. The Morgan fingerprint density at radius 2 is 2.20 bits per heavy atom. The lowest BCUT2D eigenvalue weighted by atomic mass is 9.74. The molecule has 0 aliphatic heterocycles. The first kappa shape index (κ1) is 11.0. The van der Waals surface area contributed by atoms with E-state index in [1.54, 1.807) is 0 Å². The van der Waals surface area contributed by atoms with Crippen LogP contribution in [0.25, 0.3) is 0 Å². The molecule has 1 aliphatic carbocycles. The number of halogens is 1. The number of anilines is 2. The van der Waals surface area contributed by atoms with Gasteiger partial charge in [0.1, 0.15) is 0 Å². The van der Waals surface area contributed by atoms with E-state index >= 15 is 0 Å². The van der Waals surface area contributed by atoms with Crippen LogP contribution < -0.4 is 11.1 Å². The fraction of sp³-hybridized carbons (Fsp3) is 0.500. The van der Waals surface area contributed by atoms with Crippen molar-refractivity contribution in [3.63, 3.8) is 0 Å². The third-order valence-electron chi connectivity index (χ3n) is 3.38. The lowest BCUT2D eigenvalue weighted by Gasteiger charge is -2.43. The number of hydrogen-bond donors (Lipinski definition) is 2. The van der Waals surface area contributed by atoms with Crippen molar-refractivity contribution >= 4 is 34.0 Å². The zero-order valence-corrected chi connectivity index (χ0v) is 11.2. The number of benzene rings is 1.